The fourth-order valence-electron chi connectivity index (χ4n) is 5.45. The summed E-state index contributed by atoms with van der Waals surface area (Å²) in [4.78, 5) is 0. The predicted octanol–water partition coefficient (Wildman–Crippen LogP) is 18.0. The summed E-state index contributed by atoms with van der Waals surface area (Å²) in [5.74, 6) is 0.965. The maximum Gasteiger partial charge on any atom is 0.115 e. The highest BCUT2D eigenvalue weighted by Gasteiger charge is 1.99. The standard InChI is InChI=1S/2C17H20.3C6H6O.4C2H6/c2*1-3-5-15-8-12-17(13-9-15)16-10-6-14(4-2)7-11-16;3*7-6-4-2-1-3-5-6;4*1-2/h2*6-13H,3-5H2,1-2H3;3*1-5,7H;4*1-2H3. The lowest BCUT2D eigenvalue weighted by atomic mass is 10.0. The zero-order valence-corrected chi connectivity index (χ0v) is 41.0. The minimum atomic E-state index is 0.322. The number of rotatable bonds is 8. The molecular weight excluding hydrogens is 769 g/mol. The summed E-state index contributed by atoms with van der Waals surface area (Å²) in [5, 5.41) is 25.9. The average molecular weight is 851 g/mol. The lowest BCUT2D eigenvalue weighted by molar-refractivity contribution is 0.475. The van der Waals surface area contributed by atoms with Crippen molar-refractivity contribution in [1.29, 1.82) is 0 Å². The summed E-state index contributed by atoms with van der Waals surface area (Å²) in [6.07, 6.45) is 6.99. The summed E-state index contributed by atoms with van der Waals surface area (Å²) in [5.41, 5.74) is 10.9. The molecule has 7 aromatic carbocycles. The third-order valence-corrected chi connectivity index (χ3v) is 8.64. The predicted molar refractivity (Wildman–Crippen MR) is 280 cm³/mol. The van der Waals surface area contributed by atoms with E-state index in [-0.39, 0.29) is 0 Å². The van der Waals surface area contributed by atoms with Gasteiger partial charge in [-0.1, -0.05) is 248 Å². The van der Waals surface area contributed by atoms with Crippen LogP contribution in [0.4, 0.5) is 0 Å². The molecule has 7 aromatic rings. The van der Waals surface area contributed by atoms with E-state index in [1.54, 1.807) is 72.8 Å². The van der Waals surface area contributed by atoms with E-state index in [1.807, 2.05) is 73.6 Å². The molecule has 0 saturated carbocycles. The van der Waals surface area contributed by atoms with Crippen molar-refractivity contribution in [2.45, 2.75) is 122 Å². The molecule has 0 heterocycles. The summed E-state index contributed by atoms with van der Waals surface area (Å²) in [6, 6.07) is 61.8. The lowest BCUT2D eigenvalue weighted by Gasteiger charge is -2.05. The van der Waals surface area contributed by atoms with Crippen molar-refractivity contribution in [3.63, 3.8) is 0 Å². The number of hydrogen-bond acceptors (Lipinski definition) is 3. The van der Waals surface area contributed by atoms with Crippen molar-refractivity contribution in [1.82, 2.24) is 0 Å². The van der Waals surface area contributed by atoms with Crippen LogP contribution in [0.5, 0.6) is 17.2 Å². The molecule has 3 heteroatoms. The molecule has 0 saturated heterocycles. The first-order valence-electron chi connectivity index (χ1n) is 23.4. The Labute approximate surface area is 385 Å². The molecule has 63 heavy (non-hydrogen) atoms. The Morgan fingerprint density at radius 1 is 0.254 bits per heavy atom. The van der Waals surface area contributed by atoms with Crippen LogP contribution in [0.2, 0.25) is 0 Å². The number of para-hydroxylation sites is 3. The van der Waals surface area contributed by atoms with Gasteiger partial charge in [-0.2, -0.15) is 0 Å². The fraction of sp³-hybridized carbons (Fsp3) is 0.300. The van der Waals surface area contributed by atoms with Crippen LogP contribution in [0, 0.1) is 0 Å². The third kappa shape index (κ3) is 28.2. The maximum atomic E-state index is 8.63. The van der Waals surface area contributed by atoms with Crippen molar-refractivity contribution in [3.05, 3.63) is 210 Å². The van der Waals surface area contributed by atoms with E-state index in [0.29, 0.717) is 17.2 Å². The summed E-state index contributed by atoms with van der Waals surface area (Å²) in [7, 11) is 0. The van der Waals surface area contributed by atoms with Gasteiger partial charge in [0.1, 0.15) is 17.2 Å². The quantitative estimate of drug-likeness (QED) is 0.143. The zero-order valence-electron chi connectivity index (χ0n) is 41.0. The molecule has 0 bridgehead atoms. The Hall–Kier alpha value is -6.06. The molecular formula is C60H82O3. The van der Waals surface area contributed by atoms with Gasteiger partial charge in [-0.3, -0.25) is 0 Å². The molecule has 0 radical (unpaired) electrons. The van der Waals surface area contributed by atoms with Crippen LogP contribution in [0.25, 0.3) is 22.3 Å². The minimum Gasteiger partial charge on any atom is -0.508 e. The third-order valence-electron chi connectivity index (χ3n) is 8.64. The highest BCUT2D eigenvalue weighted by Crippen LogP contribution is 2.22. The Bertz CT molecular complexity index is 1770. The Morgan fingerprint density at radius 3 is 0.587 bits per heavy atom. The first-order valence-corrected chi connectivity index (χ1v) is 23.4. The fourth-order valence-corrected chi connectivity index (χ4v) is 5.45. The van der Waals surface area contributed by atoms with E-state index in [4.69, 9.17) is 15.3 Å². The van der Waals surface area contributed by atoms with E-state index in [2.05, 4.69) is 125 Å². The monoisotopic (exact) mass is 851 g/mol. The molecule has 3 N–H and O–H groups in total. The van der Waals surface area contributed by atoms with Gasteiger partial charge in [0, 0.05) is 0 Å². The van der Waals surface area contributed by atoms with Gasteiger partial charge >= 0.3 is 0 Å². The second-order valence-electron chi connectivity index (χ2n) is 13.0. The van der Waals surface area contributed by atoms with Crippen LogP contribution in [-0.2, 0) is 25.7 Å². The first kappa shape index (κ1) is 59.0. The van der Waals surface area contributed by atoms with Gasteiger partial charge in [-0.15, -0.1) is 0 Å². The van der Waals surface area contributed by atoms with Gasteiger partial charge in [-0.25, -0.2) is 0 Å². The molecule has 0 spiro atoms. The molecule has 0 aliphatic heterocycles. The van der Waals surface area contributed by atoms with Crippen molar-refractivity contribution >= 4 is 0 Å². The number of aryl methyl sites for hydroxylation is 4. The molecule has 0 aliphatic rings. The molecule has 3 nitrogen and oxygen atoms in total. The molecule has 0 amide bonds. The molecule has 340 valence electrons. The summed E-state index contributed by atoms with van der Waals surface area (Å²) >= 11 is 0. The van der Waals surface area contributed by atoms with E-state index < -0.39 is 0 Å². The molecule has 7 rings (SSSR count). The van der Waals surface area contributed by atoms with Crippen LogP contribution in [-0.4, -0.2) is 15.3 Å². The number of phenols is 3. The average Bonchev–Trinajstić information content (AvgIpc) is 3.36. The number of benzene rings is 7. The molecule has 0 atom stereocenters. The number of phenolic OH excluding ortho intramolecular Hbond substituents is 3. The van der Waals surface area contributed by atoms with Gasteiger partial charge in [0.25, 0.3) is 0 Å². The molecule has 0 fully saturated rings. The smallest absolute Gasteiger partial charge is 0.115 e. The van der Waals surface area contributed by atoms with Crippen molar-refractivity contribution in [2.75, 3.05) is 0 Å². The first-order chi connectivity index (χ1) is 30.8. The Balaban J connectivity index is 0. The van der Waals surface area contributed by atoms with E-state index >= 15 is 0 Å². The number of hydrogen-bond donors (Lipinski definition) is 3. The zero-order chi connectivity index (χ0) is 47.5. The SMILES string of the molecule is CC.CC.CC.CC.CCCc1ccc(-c2ccc(CC)cc2)cc1.CCCc1ccc(-c2ccc(CC)cc2)cc1.Oc1ccccc1.Oc1ccccc1.Oc1ccccc1. The van der Waals surface area contributed by atoms with Crippen LogP contribution in [0.15, 0.2) is 188 Å². The largest absolute Gasteiger partial charge is 0.508 e. The second-order valence-corrected chi connectivity index (χ2v) is 13.0. The van der Waals surface area contributed by atoms with E-state index in [9.17, 15) is 0 Å². The summed E-state index contributed by atoms with van der Waals surface area (Å²) < 4.78 is 0. The van der Waals surface area contributed by atoms with Gasteiger partial charge < -0.3 is 15.3 Å². The normalized spacial score (nSPS) is 8.89. The Morgan fingerprint density at radius 2 is 0.444 bits per heavy atom. The van der Waals surface area contributed by atoms with E-state index in [0.717, 1.165) is 12.8 Å². The second kappa shape index (κ2) is 41.3. The van der Waals surface area contributed by atoms with Crippen molar-refractivity contribution in [3.8, 4) is 39.5 Å². The van der Waals surface area contributed by atoms with Crippen LogP contribution < -0.4 is 0 Å². The highest BCUT2D eigenvalue weighted by atomic mass is 16.3. The van der Waals surface area contributed by atoms with Crippen LogP contribution in [0.3, 0.4) is 0 Å². The number of aromatic hydroxyl groups is 3. The molecule has 0 unspecified atom stereocenters. The minimum absolute atomic E-state index is 0.322. The van der Waals surface area contributed by atoms with Crippen molar-refractivity contribution < 1.29 is 15.3 Å². The molecule has 0 aromatic heterocycles. The highest BCUT2D eigenvalue weighted by molar-refractivity contribution is 5.64. The van der Waals surface area contributed by atoms with Crippen molar-refractivity contribution in [2.24, 2.45) is 0 Å². The van der Waals surface area contributed by atoms with Crippen LogP contribution >= 0.6 is 0 Å². The van der Waals surface area contributed by atoms with Gasteiger partial charge in [0.2, 0.25) is 0 Å². The van der Waals surface area contributed by atoms with Gasteiger partial charge in [0.15, 0.2) is 0 Å². The van der Waals surface area contributed by atoms with Crippen LogP contribution in [0.1, 0.15) is 118 Å². The maximum absolute atomic E-state index is 8.63. The topological polar surface area (TPSA) is 60.7 Å². The Kier molecular flexibility index (Phi) is 38.7. The molecule has 0 aliphatic carbocycles. The van der Waals surface area contributed by atoms with Gasteiger partial charge in [-0.05, 0) is 107 Å². The lowest BCUT2D eigenvalue weighted by Crippen LogP contribution is -1.84. The van der Waals surface area contributed by atoms with Gasteiger partial charge in [0.05, 0.1) is 0 Å². The summed E-state index contributed by atoms with van der Waals surface area (Å²) in [6.45, 7) is 24.8. The van der Waals surface area contributed by atoms with E-state index in [1.165, 1.54) is 70.2 Å².